The lowest BCUT2D eigenvalue weighted by molar-refractivity contribution is 0.413. The van der Waals surface area contributed by atoms with Gasteiger partial charge in [-0.2, -0.15) is 0 Å². The zero-order valence-corrected chi connectivity index (χ0v) is 13.4. The number of ether oxygens (including phenoxy) is 2. The molecular weight excluding hydrogens is 290 g/mol. The monoisotopic (exact) mass is 309 g/mol. The number of nitrogens with one attached hydrogen (secondary N) is 2. The van der Waals surface area contributed by atoms with Crippen LogP contribution in [-0.2, 0) is 5.41 Å². The van der Waals surface area contributed by atoms with Gasteiger partial charge in [-0.3, -0.25) is 0 Å². The Labute approximate surface area is 134 Å². The van der Waals surface area contributed by atoms with Crippen molar-refractivity contribution < 1.29 is 9.47 Å². The molecule has 3 aromatic rings. The third-order valence-corrected chi connectivity index (χ3v) is 4.76. The summed E-state index contributed by atoms with van der Waals surface area (Å²) in [6.45, 7) is 3.05. The quantitative estimate of drug-likeness (QED) is 0.779. The molecule has 3 heterocycles. The van der Waals surface area contributed by atoms with Gasteiger partial charge in [0, 0.05) is 24.1 Å². The first-order valence-corrected chi connectivity index (χ1v) is 7.60. The van der Waals surface area contributed by atoms with Crippen LogP contribution >= 0.6 is 0 Å². The summed E-state index contributed by atoms with van der Waals surface area (Å²) in [7, 11) is 3.37. The largest absolute Gasteiger partial charge is 0.497 e. The highest BCUT2D eigenvalue weighted by Crippen LogP contribution is 2.44. The van der Waals surface area contributed by atoms with Crippen molar-refractivity contribution in [2.75, 3.05) is 26.1 Å². The van der Waals surface area contributed by atoms with Gasteiger partial charge in [0.1, 0.15) is 17.1 Å². The molecule has 0 amide bonds. The van der Waals surface area contributed by atoms with E-state index in [1.165, 1.54) is 5.56 Å². The molecule has 2 N–H and O–H groups in total. The molecule has 118 valence electrons. The number of benzene rings is 1. The van der Waals surface area contributed by atoms with Crippen LogP contribution in [0.15, 0.2) is 36.5 Å². The fraction of sp³-hybridized carbons (Fsp3) is 0.278. The van der Waals surface area contributed by atoms with E-state index in [0.717, 1.165) is 40.5 Å². The van der Waals surface area contributed by atoms with Gasteiger partial charge in [0.2, 0.25) is 0 Å². The highest BCUT2D eigenvalue weighted by Gasteiger charge is 2.38. The Morgan fingerprint density at radius 1 is 1.13 bits per heavy atom. The van der Waals surface area contributed by atoms with E-state index in [1.807, 2.05) is 12.1 Å². The Balaban J connectivity index is 1.89. The van der Waals surface area contributed by atoms with Crippen LogP contribution in [-0.4, -0.2) is 30.7 Å². The van der Waals surface area contributed by atoms with E-state index in [1.54, 1.807) is 20.4 Å². The molecule has 1 aliphatic rings. The molecule has 4 rings (SSSR count). The number of fused-ring (bicyclic) bond motifs is 2. The number of anilines is 1. The predicted octanol–water partition coefficient (Wildman–Crippen LogP) is 3.31. The molecule has 1 unspecified atom stereocenters. The molecule has 0 fully saturated rings. The summed E-state index contributed by atoms with van der Waals surface area (Å²) >= 11 is 0. The van der Waals surface area contributed by atoms with Crippen molar-refractivity contribution >= 4 is 16.7 Å². The van der Waals surface area contributed by atoms with E-state index in [9.17, 15) is 0 Å². The molecule has 2 aromatic heterocycles. The van der Waals surface area contributed by atoms with Crippen LogP contribution in [0.2, 0.25) is 0 Å². The van der Waals surface area contributed by atoms with Crippen LogP contribution in [0.25, 0.3) is 11.0 Å². The highest BCUT2D eigenvalue weighted by atomic mass is 16.5. The summed E-state index contributed by atoms with van der Waals surface area (Å²) in [5.74, 6) is 1.70. The normalized spacial score (nSPS) is 19.4. The molecule has 1 aliphatic heterocycles. The second-order valence-electron chi connectivity index (χ2n) is 6.06. The molecule has 1 atom stereocenters. The highest BCUT2D eigenvalue weighted by molar-refractivity contribution is 5.84. The molecule has 0 saturated heterocycles. The van der Waals surface area contributed by atoms with Crippen LogP contribution in [0.3, 0.4) is 0 Å². The van der Waals surface area contributed by atoms with Crippen LogP contribution in [0.4, 0.5) is 5.69 Å². The van der Waals surface area contributed by atoms with Crippen LogP contribution in [0, 0.1) is 0 Å². The van der Waals surface area contributed by atoms with E-state index < -0.39 is 0 Å². The standard InChI is InChI=1S/C18H19N3O2/c1-18(10-20-14-5-4-11(22-2)8-13(14)18)16-9-12-15(23-3)6-7-19-17(12)21-16/h4-9,20H,10H2,1-3H3,(H,19,21). The summed E-state index contributed by atoms with van der Waals surface area (Å²) in [5, 5.41) is 4.49. The second-order valence-corrected chi connectivity index (χ2v) is 6.06. The van der Waals surface area contributed by atoms with Crippen molar-refractivity contribution in [3.8, 4) is 11.5 Å². The number of aromatic nitrogens is 2. The number of methoxy groups -OCH3 is 2. The van der Waals surface area contributed by atoms with Gasteiger partial charge in [-0.05, 0) is 42.8 Å². The van der Waals surface area contributed by atoms with Gasteiger partial charge in [-0.1, -0.05) is 0 Å². The number of nitrogens with zero attached hydrogens (tertiary/aromatic N) is 1. The Hall–Kier alpha value is -2.69. The van der Waals surface area contributed by atoms with Crippen molar-refractivity contribution in [3.63, 3.8) is 0 Å². The van der Waals surface area contributed by atoms with Crippen molar-refractivity contribution in [2.24, 2.45) is 0 Å². The van der Waals surface area contributed by atoms with E-state index in [0.29, 0.717) is 0 Å². The summed E-state index contributed by atoms with van der Waals surface area (Å²) < 4.78 is 10.8. The molecule has 1 aromatic carbocycles. The zero-order chi connectivity index (χ0) is 16.0. The van der Waals surface area contributed by atoms with Crippen LogP contribution in [0.1, 0.15) is 18.2 Å². The number of H-pyrrole nitrogens is 1. The molecule has 0 bridgehead atoms. The number of hydrogen-bond acceptors (Lipinski definition) is 4. The molecule has 0 aliphatic carbocycles. The SMILES string of the molecule is COc1ccc2c(c1)C(C)(c1cc3c(OC)ccnc3[nH]1)CN2. The van der Waals surface area contributed by atoms with E-state index >= 15 is 0 Å². The Bertz CT molecular complexity index is 887. The van der Waals surface area contributed by atoms with Gasteiger partial charge in [0.05, 0.1) is 25.0 Å². The maximum Gasteiger partial charge on any atom is 0.141 e. The number of rotatable bonds is 3. The topological polar surface area (TPSA) is 59.2 Å². The molecular formula is C18H19N3O2. The van der Waals surface area contributed by atoms with E-state index in [4.69, 9.17) is 9.47 Å². The first-order valence-electron chi connectivity index (χ1n) is 7.60. The average molecular weight is 309 g/mol. The summed E-state index contributed by atoms with van der Waals surface area (Å²) in [4.78, 5) is 7.88. The number of hydrogen-bond donors (Lipinski definition) is 2. The van der Waals surface area contributed by atoms with Crippen molar-refractivity contribution in [1.29, 1.82) is 0 Å². The van der Waals surface area contributed by atoms with Crippen molar-refractivity contribution in [2.45, 2.75) is 12.3 Å². The maximum atomic E-state index is 5.45. The summed E-state index contributed by atoms with van der Waals surface area (Å²) in [5.41, 5.74) is 4.16. The Morgan fingerprint density at radius 3 is 2.78 bits per heavy atom. The van der Waals surface area contributed by atoms with Gasteiger partial charge < -0.3 is 19.8 Å². The lowest BCUT2D eigenvalue weighted by atomic mass is 9.81. The second kappa shape index (κ2) is 4.91. The van der Waals surface area contributed by atoms with Crippen LogP contribution < -0.4 is 14.8 Å². The zero-order valence-electron chi connectivity index (χ0n) is 13.4. The smallest absolute Gasteiger partial charge is 0.141 e. The third-order valence-electron chi connectivity index (χ3n) is 4.76. The van der Waals surface area contributed by atoms with Crippen molar-refractivity contribution in [3.05, 3.63) is 47.8 Å². The lowest BCUT2D eigenvalue weighted by Gasteiger charge is -2.23. The van der Waals surface area contributed by atoms with E-state index in [-0.39, 0.29) is 5.41 Å². The summed E-state index contributed by atoms with van der Waals surface area (Å²) in [6.07, 6.45) is 1.76. The fourth-order valence-corrected chi connectivity index (χ4v) is 3.35. The molecule has 5 nitrogen and oxygen atoms in total. The fourth-order valence-electron chi connectivity index (χ4n) is 3.35. The molecule has 0 radical (unpaired) electrons. The third kappa shape index (κ3) is 1.96. The molecule has 23 heavy (non-hydrogen) atoms. The maximum absolute atomic E-state index is 5.45. The lowest BCUT2D eigenvalue weighted by Crippen LogP contribution is -2.26. The predicted molar refractivity (Wildman–Crippen MR) is 90.6 cm³/mol. The van der Waals surface area contributed by atoms with Crippen LogP contribution in [0.5, 0.6) is 11.5 Å². The number of aromatic amines is 1. The molecule has 5 heteroatoms. The molecule has 0 spiro atoms. The number of pyridine rings is 1. The minimum atomic E-state index is -0.171. The van der Waals surface area contributed by atoms with Gasteiger partial charge in [-0.25, -0.2) is 4.98 Å². The minimum Gasteiger partial charge on any atom is -0.497 e. The van der Waals surface area contributed by atoms with Gasteiger partial charge in [-0.15, -0.1) is 0 Å². The Morgan fingerprint density at radius 2 is 2.00 bits per heavy atom. The average Bonchev–Trinajstić information content (AvgIpc) is 3.17. The van der Waals surface area contributed by atoms with Gasteiger partial charge in [0.15, 0.2) is 0 Å². The molecule has 0 saturated carbocycles. The summed E-state index contributed by atoms with van der Waals surface area (Å²) in [6, 6.07) is 10.2. The van der Waals surface area contributed by atoms with Gasteiger partial charge in [0.25, 0.3) is 0 Å². The minimum absolute atomic E-state index is 0.171. The van der Waals surface area contributed by atoms with E-state index in [2.05, 4.69) is 40.4 Å². The first-order chi connectivity index (χ1) is 11.2. The van der Waals surface area contributed by atoms with Gasteiger partial charge >= 0.3 is 0 Å². The van der Waals surface area contributed by atoms with Crippen molar-refractivity contribution in [1.82, 2.24) is 9.97 Å². The Kier molecular flexibility index (Phi) is 2.98. The first kappa shape index (κ1) is 13.9.